The zero-order chi connectivity index (χ0) is 15.0. The Labute approximate surface area is 123 Å². The molecule has 0 amide bonds. The first-order chi connectivity index (χ1) is 9.27. The molecule has 1 aromatic carbocycles. The molecule has 1 heterocycles. The van der Waals surface area contributed by atoms with E-state index in [1.165, 1.54) is 6.07 Å². The van der Waals surface area contributed by atoms with Gasteiger partial charge < -0.3 is 9.57 Å². The van der Waals surface area contributed by atoms with Crippen LogP contribution in [0.25, 0.3) is 0 Å². The molecule has 2 rings (SSSR count). The predicted octanol–water partition coefficient (Wildman–Crippen LogP) is 2.27. The van der Waals surface area contributed by atoms with Gasteiger partial charge in [-0.2, -0.15) is 0 Å². The largest absolute Gasteiger partial charge is 0.386 e. The SMILES string of the molecule is COCC1(C)CC(c2c(Cl)cccc2S(C)(=O)=O)=NO1. The molecule has 0 aromatic heterocycles. The number of ether oxygens (including phenoxy) is 1. The van der Waals surface area contributed by atoms with E-state index in [1.54, 1.807) is 19.2 Å². The zero-order valence-corrected chi connectivity index (χ0v) is 13.1. The summed E-state index contributed by atoms with van der Waals surface area (Å²) in [4.78, 5) is 5.54. The van der Waals surface area contributed by atoms with Gasteiger partial charge in [-0.05, 0) is 19.1 Å². The Morgan fingerprint density at radius 1 is 1.50 bits per heavy atom. The molecule has 5 nitrogen and oxygen atoms in total. The van der Waals surface area contributed by atoms with E-state index in [-0.39, 0.29) is 4.90 Å². The summed E-state index contributed by atoms with van der Waals surface area (Å²) in [6.07, 6.45) is 1.58. The van der Waals surface area contributed by atoms with Crippen LogP contribution >= 0.6 is 11.6 Å². The van der Waals surface area contributed by atoms with Crippen LogP contribution in [0.1, 0.15) is 18.9 Å². The second-order valence-corrected chi connectivity index (χ2v) is 7.47. The van der Waals surface area contributed by atoms with Crippen molar-refractivity contribution in [1.29, 1.82) is 0 Å². The van der Waals surface area contributed by atoms with E-state index >= 15 is 0 Å². The highest BCUT2D eigenvalue weighted by Gasteiger charge is 2.37. The molecule has 0 fully saturated rings. The van der Waals surface area contributed by atoms with Crippen molar-refractivity contribution in [3.63, 3.8) is 0 Å². The average Bonchev–Trinajstić information content (AvgIpc) is 2.70. The highest BCUT2D eigenvalue weighted by Crippen LogP contribution is 2.32. The molecule has 1 aromatic rings. The molecule has 110 valence electrons. The Bertz CT molecular complexity index is 656. The lowest BCUT2D eigenvalue weighted by molar-refractivity contribution is -0.0551. The monoisotopic (exact) mass is 317 g/mol. The summed E-state index contributed by atoms with van der Waals surface area (Å²) in [6, 6.07) is 4.76. The fourth-order valence-corrected chi connectivity index (χ4v) is 3.46. The van der Waals surface area contributed by atoms with Gasteiger partial charge >= 0.3 is 0 Å². The quantitative estimate of drug-likeness (QED) is 0.854. The van der Waals surface area contributed by atoms with E-state index in [0.717, 1.165) is 6.26 Å². The molecule has 1 aliphatic rings. The van der Waals surface area contributed by atoms with Crippen LogP contribution in [0, 0.1) is 0 Å². The standard InChI is InChI=1S/C13H16ClNO4S/c1-13(8-18-2)7-10(15-19-13)12-9(14)5-4-6-11(12)20(3,16)17/h4-6H,7-8H2,1-3H3. The van der Waals surface area contributed by atoms with E-state index in [2.05, 4.69) is 5.16 Å². The maximum absolute atomic E-state index is 11.9. The smallest absolute Gasteiger partial charge is 0.176 e. The number of benzene rings is 1. The van der Waals surface area contributed by atoms with Crippen molar-refractivity contribution < 1.29 is 18.0 Å². The normalized spacial score (nSPS) is 22.5. The van der Waals surface area contributed by atoms with Gasteiger partial charge in [-0.25, -0.2) is 8.42 Å². The average molecular weight is 318 g/mol. The molecule has 0 spiro atoms. The van der Waals surface area contributed by atoms with Gasteiger partial charge in [0, 0.05) is 25.3 Å². The zero-order valence-electron chi connectivity index (χ0n) is 11.5. The van der Waals surface area contributed by atoms with Crippen LogP contribution in [-0.4, -0.2) is 39.7 Å². The first-order valence-corrected chi connectivity index (χ1v) is 8.27. The Morgan fingerprint density at radius 3 is 2.80 bits per heavy atom. The molecule has 7 heteroatoms. The number of rotatable bonds is 4. The lowest BCUT2D eigenvalue weighted by atomic mass is 9.96. The summed E-state index contributed by atoms with van der Waals surface area (Å²) in [5, 5.41) is 4.34. The number of hydrogen-bond donors (Lipinski definition) is 0. The van der Waals surface area contributed by atoms with E-state index in [4.69, 9.17) is 21.2 Å². The van der Waals surface area contributed by atoms with E-state index in [1.807, 2.05) is 6.92 Å². The van der Waals surface area contributed by atoms with Crippen LogP contribution in [-0.2, 0) is 19.4 Å². The van der Waals surface area contributed by atoms with Gasteiger partial charge in [-0.15, -0.1) is 0 Å². The van der Waals surface area contributed by atoms with Crippen LogP contribution in [0.15, 0.2) is 28.3 Å². The molecule has 0 aliphatic carbocycles. The minimum Gasteiger partial charge on any atom is -0.386 e. The Hall–Kier alpha value is -1.11. The van der Waals surface area contributed by atoms with Crippen LogP contribution < -0.4 is 0 Å². The second-order valence-electron chi connectivity index (χ2n) is 5.07. The maximum Gasteiger partial charge on any atom is 0.176 e. The Kier molecular flexibility index (Phi) is 4.09. The van der Waals surface area contributed by atoms with Crippen molar-refractivity contribution in [2.24, 2.45) is 5.16 Å². The highest BCUT2D eigenvalue weighted by molar-refractivity contribution is 7.90. The molecule has 1 unspecified atom stereocenters. The Morgan fingerprint density at radius 2 is 2.20 bits per heavy atom. The Balaban J connectivity index is 2.46. The fraction of sp³-hybridized carbons (Fsp3) is 0.462. The number of hydrogen-bond acceptors (Lipinski definition) is 5. The van der Waals surface area contributed by atoms with Crippen molar-refractivity contribution >= 4 is 27.1 Å². The molecular weight excluding hydrogens is 302 g/mol. The van der Waals surface area contributed by atoms with Crippen molar-refractivity contribution in [1.82, 2.24) is 0 Å². The van der Waals surface area contributed by atoms with E-state index < -0.39 is 15.4 Å². The van der Waals surface area contributed by atoms with Crippen molar-refractivity contribution in [2.75, 3.05) is 20.0 Å². The summed E-state index contributed by atoms with van der Waals surface area (Å²) < 4.78 is 28.8. The minimum atomic E-state index is -3.40. The van der Waals surface area contributed by atoms with Crippen LogP contribution in [0.3, 0.4) is 0 Å². The lowest BCUT2D eigenvalue weighted by Crippen LogP contribution is -2.30. The number of halogens is 1. The topological polar surface area (TPSA) is 65.0 Å². The number of oxime groups is 1. The first-order valence-electron chi connectivity index (χ1n) is 6.00. The van der Waals surface area contributed by atoms with Crippen molar-refractivity contribution in [3.05, 3.63) is 28.8 Å². The van der Waals surface area contributed by atoms with E-state index in [9.17, 15) is 8.42 Å². The second kappa shape index (κ2) is 5.35. The third-order valence-corrected chi connectivity index (χ3v) is 4.48. The highest BCUT2D eigenvalue weighted by atomic mass is 35.5. The predicted molar refractivity (Wildman–Crippen MR) is 77.1 cm³/mol. The fourth-order valence-electron chi connectivity index (χ4n) is 2.19. The van der Waals surface area contributed by atoms with Gasteiger partial charge in [0.25, 0.3) is 0 Å². The number of nitrogens with zero attached hydrogens (tertiary/aromatic N) is 1. The summed E-state index contributed by atoms with van der Waals surface area (Å²) >= 11 is 6.15. The molecular formula is C13H16ClNO4S. The first kappa shape index (κ1) is 15.3. The van der Waals surface area contributed by atoms with Gasteiger partial charge in [-0.3, -0.25) is 0 Å². The summed E-state index contributed by atoms with van der Waals surface area (Å²) in [5.41, 5.74) is 0.338. The van der Waals surface area contributed by atoms with Crippen molar-refractivity contribution in [2.45, 2.75) is 23.8 Å². The number of methoxy groups -OCH3 is 1. The summed E-state index contributed by atoms with van der Waals surface area (Å²) in [7, 11) is -1.82. The minimum absolute atomic E-state index is 0.161. The molecule has 20 heavy (non-hydrogen) atoms. The molecule has 0 saturated carbocycles. The molecule has 0 radical (unpaired) electrons. The van der Waals surface area contributed by atoms with Crippen LogP contribution in [0.4, 0.5) is 0 Å². The molecule has 0 bridgehead atoms. The molecule has 0 N–H and O–H groups in total. The van der Waals surface area contributed by atoms with E-state index in [0.29, 0.717) is 29.3 Å². The van der Waals surface area contributed by atoms with Crippen LogP contribution in [0.2, 0.25) is 5.02 Å². The molecule has 1 atom stereocenters. The maximum atomic E-state index is 11.9. The third kappa shape index (κ3) is 2.97. The van der Waals surface area contributed by atoms with Gasteiger partial charge in [-0.1, -0.05) is 22.8 Å². The van der Waals surface area contributed by atoms with Gasteiger partial charge in [0.05, 0.1) is 22.2 Å². The van der Waals surface area contributed by atoms with Crippen molar-refractivity contribution in [3.8, 4) is 0 Å². The lowest BCUT2D eigenvalue weighted by Gasteiger charge is -2.19. The van der Waals surface area contributed by atoms with Crippen LogP contribution in [0.5, 0.6) is 0 Å². The molecule has 1 aliphatic heterocycles. The van der Waals surface area contributed by atoms with Gasteiger partial charge in [0.1, 0.15) is 0 Å². The molecule has 0 saturated heterocycles. The third-order valence-electron chi connectivity index (χ3n) is 3.03. The summed E-state index contributed by atoms with van der Waals surface area (Å²) in [6.45, 7) is 2.21. The summed E-state index contributed by atoms with van der Waals surface area (Å²) in [5.74, 6) is 0. The van der Waals surface area contributed by atoms with Gasteiger partial charge in [0.15, 0.2) is 15.4 Å². The van der Waals surface area contributed by atoms with Gasteiger partial charge in [0.2, 0.25) is 0 Å². The number of sulfone groups is 1.